The molecular weight excluding hydrogens is 1350 g/mol. The second-order valence-electron chi connectivity index (χ2n) is 27.0. The van der Waals surface area contributed by atoms with E-state index >= 15 is 0 Å². The molecule has 0 rings (SSSR count). The van der Waals surface area contributed by atoms with Crippen LogP contribution < -0.4 is 0 Å². The molecule has 0 aromatic heterocycles. The molecule has 0 heterocycles. The highest BCUT2D eigenvalue weighted by Gasteiger charge is 2.30. The van der Waals surface area contributed by atoms with E-state index in [0.29, 0.717) is 38.5 Å². The molecule has 0 aromatic rings. The third-order valence-electron chi connectivity index (χ3n) is 16.9. The van der Waals surface area contributed by atoms with Crippen molar-refractivity contribution >= 4 is 39.5 Å². The second-order valence-corrected chi connectivity index (χ2v) is 29.9. The molecule has 5 atom stereocenters. The highest BCUT2D eigenvalue weighted by atomic mass is 31.2. The van der Waals surface area contributed by atoms with Crippen molar-refractivity contribution in [2.24, 2.45) is 0 Å². The lowest BCUT2D eigenvalue weighted by molar-refractivity contribution is -0.161. The van der Waals surface area contributed by atoms with Crippen LogP contribution in [0.4, 0.5) is 0 Å². The monoisotopic (exact) mass is 1500 g/mol. The number of hydrogen-bond acceptors (Lipinski definition) is 15. The van der Waals surface area contributed by atoms with Gasteiger partial charge < -0.3 is 33.8 Å². The van der Waals surface area contributed by atoms with Crippen molar-refractivity contribution < 1.29 is 80.2 Å². The molecule has 0 saturated heterocycles. The number of rotatable bonds is 76. The van der Waals surface area contributed by atoms with E-state index in [2.05, 4.69) is 125 Å². The number of unbranched alkanes of at least 4 members (excludes halogenated alkanes) is 30. The Morgan fingerprint density at radius 3 is 0.788 bits per heavy atom. The van der Waals surface area contributed by atoms with Crippen LogP contribution in [0.15, 0.2) is 122 Å². The zero-order chi connectivity index (χ0) is 76.0. The molecule has 17 nitrogen and oxygen atoms in total. The number of esters is 4. The zero-order valence-electron chi connectivity index (χ0n) is 65.4. The van der Waals surface area contributed by atoms with E-state index in [-0.39, 0.29) is 25.7 Å². The molecule has 598 valence electrons. The third kappa shape index (κ3) is 75.7. The average molecular weight is 1500 g/mol. The second kappa shape index (κ2) is 76.6. The highest BCUT2D eigenvalue weighted by molar-refractivity contribution is 7.47. The summed E-state index contributed by atoms with van der Waals surface area (Å²) in [7, 11) is -10.00. The van der Waals surface area contributed by atoms with Crippen molar-refractivity contribution in [3.8, 4) is 0 Å². The van der Waals surface area contributed by atoms with E-state index in [0.717, 1.165) is 116 Å². The van der Waals surface area contributed by atoms with Crippen LogP contribution in [-0.4, -0.2) is 96.7 Å². The molecule has 0 spiro atoms. The molecule has 0 aliphatic carbocycles. The SMILES string of the molecule is CCCCC/C=C\C/C=C\C/C=C\C/C=C\CCCC(=O)OC[C@H](COP(=O)(O)OC[C@H](O)COP(=O)(O)OC[C@@H](COC(=O)CCCCCCCCCCCCCCCCC)OC(=O)CCCCCCC/C=C\C/C=C\CCCCC)OC(=O)CCC/C=C\C/C=C\C/C=C\C/C=C\CCCCC. The van der Waals surface area contributed by atoms with Gasteiger partial charge in [0, 0.05) is 25.7 Å². The van der Waals surface area contributed by atoms with Crippen molar-refractivity contribution in [3.63, 3.8) is 0 Å². The standard InChI is InChI=1S/C85H146O17P2/c1-5-9-13-17-21-25-29-33-37-39-43-46-50-54-58-62-66-70-83(88)96-76-81(102-85(90)72-68-64-60-56-52-48-44-40-38-34-30-26-22-18-14-10-6-2)78-100-104(93,94)98-74-79(86)73-97-103(91,92)99-77-80(101-84(89)71-67-63-59-55-51-47-42-36-32-28-24-20-16-12-8-4)75-95-82(87)69-65-61-57-53-49-45-41-35-31-27-23-19-15-11-7-3/h21-22,24-26,28,33-34,36-38,42-44,46,48,54,56,58,60,79-81,86H,5-20,23,27,29-32,35,39-41,45,47,49-53,55,57,59,61-78H2,1-4H3,(H,91,92)(H,93,94)/b25-21-,26-22-,28-24-,37-33-,38-34-,42-36-,46-43-,48-44-,58-54-,60-56-/t79-,80-,81-/m1/s1. The average Bonchev–Trinajstić information content (AvgIpc) is 0.926. The summed E-state index contributed by atoms with van der Waals surface area (Å²) in [5.41, 5.74) is 0. The first-order valence-electron chi connectivity index (χ1n) is 40.8. The number of carbonyl (C=O) groups excluding carboxylic acids is 4. The van der Waals surface area contributed by atoms with Gasteiger partial charge in [0.05, 0.1) is 26.4 Å². The predicted molar refractivity (Wildman–Crippen MR) is 427 cm³/mol. The van der Waals surface area contributed by atoms with Crippen molar-refractivity contribution in [1.82, 2.24) is 0 Å². The lowest BCUT2D eigenvalue weighted by Gasteiger charge is -2.21. The minimum absolute atomic E-state index is 0.00527. The van der Waals surface area contributed by atoms with Gasteiger partial charge >= 0.3 is 39.5 Å². The number of allylic oxidation sites excluding steroid dienone is 20. The maximum atomic E-state index is 13.1. The summed E-state index contributed by atoms with van der Waals surface area (Å²) in [5, 5.41) is 10.6. The van der Waals surface area contributed by atoms with E-state index in [9.17, 15) is 43.2 Å². The number of phosphoric ester groups is 2. The van der Waals surface area contributed by atoms with Crippen LogP contribution in [0.3, 0.4) is 0 Å². The molecule has 0 aromatic carbocycles. The molecule has 0 saturated carbocycles. The molecule has 19 heteroatoms. The Morgan fingerprint density at radius 2 is 0.481 bits per heavy atom. The van der Waals surface area contributed by atoms with Gasteiger partial charge in [-0.1, -0.05) is 297 Å². The topological polar surface area (TPSA) is 237 Å². The maximum absolute atomic E-state index is 13.1. The van der Waals surface area contributed by atoms with E-state index in [1.165, 1.54) is 128 Å². The Morgan fingerprint density at radius 1 is 0.269 bits per heavy atom. The maximum Gasteiger partial charge on any atom is 0.472 e. The zero-order valence-corrected chi connectivity index (χ0v) is 67.2. The third-order valence-corrected chi connectivity index (χ3v) is 18.8. The first kappa shape index (κ1) is 99.5. The normalized spacial score (nSPS) is 14.5. The summed E-state index contributed by atoms with van der Waals surface area (Å²) < 4.78 is 68.5. The van der Waals surface area contributed by atoms with Crippen LogP contribution in [-0.2, 0) is 65.4 Å². The number of carbonyl (C=O) groups is 4. The molecule has 0 bridgehead atoms. The molecule has 0 aliphatic rings. The summed E-state index contributed by atoms with van der Waals surface area (Å²) in [6, 6.07) is 0. The Hall–Kier alpha value is -4.54. The number of ether oxygens (including phenoxy) is 4. The molecule has 104 heavy (non-hydrogen) atoms. The smallest absolute Gasteiger partial charge is 0.462 e. The van der Waals surface area contributed by atoms with Gasteiger partial charge in [-0.3, -0.25) is 37.3 Å². The molecule has 0 radical (unpaired) electrons. The summed E-state index contributed by atoms with van der Waals surface area (Å²) in [6.07, 6.45) is 84.7. The van der Waals surface area contributed by atoms with Gasteiger partial charge in [0.15, 0.2) is 12.2 Å². The lowest BCUT2D eigenvalue weighted by atomic mass is 10.0. The Kier molecular flexibility index (Phi) is 73.3. The minimum Gasteiger partial charge on any atom is -0.462 e. The minimum atomic E-state index is -5.01. The van der Waals surface area contributed by atoms with Gasteiger partial charge in [-0.05, 0) is 135 Å². The predicted octanol–water partition coefficient (Wildman–Crippen LogP) is 23.9. The van der Waals surface area contributed by atoms with E-state index in [1.807, 2.05) is 24.3 Å². The van der Waals surface area contributed by atoms with E-state index in [4.69, 9.17) is 37.0 Å². The van der Waals surface area contributed by atoms with Crippen LogP contribution in [0, 0.1) is 0 Å². The van der Waals surface area contributed by atoms with Crippen molar-refractivity contribution in [2.75, 3.05) is 39.6 Å². The summed E-state index contributed by atoms with van der Waals surface area (Å²) >= 11 is 0. The van der Waals surface area contributed by atoms with Crippen molar-refractivity contribution in [1.29, 1.82) is 0 Å². The molecule has 3 N–H and O–H groups in total. The van der Waals surface area contributed by atoms with Crippen LogP contribution in [0.5, 0.6) is 0 Å². The first-order valence-corrected chi connectivity index (χ1v) is 43.8. The molecular formula is C85H146O17P2. The fraction of sp³-hybridized carbons (Fsp3) is 0.718. The van der Waals surface area contributed by atoms with Gasteiger partial charge in [-0.2, -0.15) is 0 Å². The van der Waals surface area contributed by atoms with Crippen molar-refractivity contribution in [3.05, 3.63) is 122 Å². The van der Waals surface area contributed by atoms with Gasteiger partial charge in [-0.15, -0.1) is 0 Å². The number of phosphoric acid groups is 2. The first-order chi connectivity index (χ1) is 50.7. The van der Waals surface area contributed by atoms with Gasteiger partial charge in [0.25, 0.3) is 0 Å². The van der Waals surface area contributed by atoms with E-state index in [1.54, 1.807) is 0 Å². The molecule has 0 fully saturated rings. The van der Waals surface area contributed by atoms with E-state index < -0.39 is 97.5 Å². The Bertz CT molecular complexity index is 2440. The lowest BCUT2D eigenvalue weighted by Crippen LogP contribution is -2.30. The molecule has 0 aliphatic heterocycles. The van der Waals surface area contributed by atoms with Gasteiger partial charge in [0.1, 0.15) is 19.3 Å². The summed E-state index contributed by atoms with van der Waals surface area (Å²) in [4.78, 5) is 73.0. The molecule has 2 unspecified atom stereocenters. The van der Waals surface area contributed by atoms with Crippen LogP contribution in [0.1, 0.15) is 336 Å². The number of aliphatic hydroxyl groups is 1. The Labute approximate surface area is 632 Å². The fourth-order valence-electron chi connectivity index (χ4n) is 10.6. The molecule has 0 amide bonds. The quantitative estimate of drug-likeness (QED) is 0.0169. The summed E-state index contributed by atoms with van der Waals surface area (Å²) in [5.74, 6) is -2.31. The number of aliphatic hydroxyl groups excluding tert-OH is 1. The Balaban J connectivity index is 5.47. The van der Waals surface area contributed by atoms with Crippen molar-refractivity contribution in [2.45, 2.75) is 354 Å². The van der Waals surface area contributed by atoms with Crippen LogP contribution >= 0.6 is 15.6 Å². The summed E-state index contributed by atoms with van der Waals surface area (Å²) in [6.45, 7) is 4.68. The highest BCUT2D eigenvalue weighted by Crippen LogP contribution is 2.45. The van der Waals surface area contributed by atoms with Crippen LogP contribution in [0.25, 0.3) is 0 Å². The number of hydrogen-bond donors (Lipinski definition) is 3. The van der Waals surface area contributed by atoms with Gasteiger partial charge in [0.2, 0.25) is 0 Å². The van der Waals surface area contributed by atoms with Crippen LogP contribution in [0.2, 0.25) is 0 Å². The largest absolute Gasteiger partial charge is 0.472 e. The van der Waals surface area contributed by atoms with Gasteiger partial charge in [-0.25, -0.2) is 9.13 Å². The fourth-order valence-corrected chi connectivity index (χ4v) is 12.2.